The van der Waals surface area contributed by atoms with Gasteiger partial charge in [-0.3, -0.25) is 0 Å². The van der Waals surface area contributed by atoms with E-state index < -0.39 is 10.0 Å². The zero-order valence-corrected chi connectivity index (χ0v) is 15.0. The summed E-state index contributed by atoms with van der Waals surface area (Å²) in [5.74, 6) is 1.95. The molecule has 25 heavy (non-hydrogen) atoms. The van der Waals surface area contributed by atoms with E-state index in [9.17, 15) is 8.42 Å². The van der Waals surface area contributed by atoms with E-state index in [-0.39, 0.29) is 11.4 Å². The Morgan fingerprint density at radius 2 is 1.72 bits per heavy atom. The van der Waals surface area contributed by atoms with Crippen LogP contribution in [0.5, 0.6) is 0 Å². The van der Waals surface area contributed by atoms with Gasteiger partial charge in [-0.2, -0.15) is 4.98 Å². The lowest BCUT2D eigenvalue weighted by Crippen LogP contribution is -2.23. The zero-order chi connectivity index (χ0) is 17.3. The van der Waals surface area contributed by atoms with Crippen LogP contribution < -0.4 is 4.72 Å². The molecular formula is C18H23N3O3S. The molecule has 1 heterocycles. The molecule has 0 saturated heterocycles. The molecule has 4 rings (SSSR count). The van der Waals surface area contributed by atoms with Crippen LogP contribution in [0.15, 0.2) is 33.7 Å². The molecule has 7 heteroatoms. The lowest BCUT2D eigenvalue weighted by atomic mass is 9.84. The van der Waals surface area contributed by atoms with Crippen molar-refractivity contribution in [1.82, 2.24) is 14.9 Å². The van der Waals surface area contributed by atoms with E-state index in [1.165, 1.54) is 37.7 Å². The molecule has 6 nitrogen and oxygen atoms in total. The van der Waals surface area contributed by atoms with Crippen LogP contribution in [0.25, 0.3) is 0 Å². The molecule has 2 aromatic rings. The third-order valence-electron chi connectivity index (χ3n) is 5.11. The minimum Gasteiger partial charge on any atom is -0.338 e. The Kier molecular flexibility index (Phi) is 4.60. The van der Waals surface area contributed by atoms with E-state index in [0.717, 1.165) is 12.8 Å². The highest BCUT2D eigenvalue weighted by molar-refractivity contribution is 7.89. The Hall–Kier alpha value is -1.73. The van der Waals surface area contributed by atoms with E-state index in [4.69, 9.17) is 4.52 Å². The van der Waals surface area contributed by atoms with Gasteiger partial charge < -0.3 is 4.52 Å². The van der Waals surface area contributed by atoms with Crippen LogP contribution >= 0.6 is 0 Å². The van der Waals surface area contributed by atoms with Gasteiger partial charge in [0.15, 0.2) is 5.82 Å². The normalized spacial score (nSPS) is 19.2. The maximum atomic E-state index is 12.4. The number of nitrogens with zero attached hydrogens (tertiary/aromatic N) is 2. The number of nitrogens with one attached hydrogen (secondary N) is 1. The number of aromatic nitrogens is 2. The molecule has 0 unspecified atom stereocenters. The molecule has 0 spiro atoms. The third kappa shape index (κ3) is 3.93. The summed E-state index contributed by atoms with van der Waals surface area (Å²) in [6.45, 7) is 0.0203. The first-order valence-electron chi connectivity index (χ1n) is 9.04. The highest BCUT2D eigenvalue weighted by atomic mass is 32.2. The molecule has 0 aliphatic heterocycles. The third-order valence-corrected chi connectivity index (χ3v) is 6.52. The fourth-order valence-corrected chi connectivity index (χ4v) is 4.42. The van der Waals surface area contributed by atoms with Crippen molar-refractivity contribution in [3.8, 4) is 0 Å². The molecule has 1 N–H and O–H groups in total. The van der Waals surface area contributed by atoms with Crippen molar-refractivity contribution in [3.63, 3.8) is 0 Å². The van der Waals surface area contributed by atoms with Crippen LogP contribution in [0.1, 0.15) is 74.1 Å². The molecule has 0 bridgehead atoms. The molecular weight excluding hydrogens is 338 g/mol. The molecule has 2 saturated carbocycles. The maximum Gasteiger partial charge on any atom is 0.241 e. The molecule has 0 atom stereocenters. The standard InChI is InChI=1S/C18H23N3O3S/c22-25(23,19-12-17-20-18(21-24-17)15-6-7-15)16-10-8-14(9-11-16)13-4-2-1-3-5-13/h8-11,13,15,19H,1-7,12H2. The molecule has 134 valence electrons. The van der Waals surface area contributed by atoms with Crippen molar-refractivity contribution in [3.05, 3.63) is 41.5 Å². The Morgan fingerprint density at radius 1 is 1.00 bits per heavy atom. The smallest absolute Gasteiger partial charge is 0.241 e. The summed E-state index contributed by atoms with van der Waals surface area (Å²) < 4.78 is 32.5. The average molecular weight is 361 g/mol. The zero-order valence-electron chi connectivity index (χ0n) is 14.1. The van der Waals surface area contributed by atoms with Gasteiger partial charge in [0.25, 0.3) is 0 Å². The van der Waals surface area contributed by atoms with Crippen LogP contribution in [0.3, 0.4) is 0 Å². The van der Waals surface area contributed by atoms with Crippen molar-refractivity contribution in [2.75, 3.05) is 0 Å². The lowest BCUT2D eigenvalue weighted by Gasteiger charge is -2.22. The fraction of sp³-hybridized carbons (Fsp3) is 0.556. The number of benzene rings is 1. The predicted octanol–water partition coefficient (Wildman–Crippen LogP) is 3.47. The van der Waals surface area contributed by atoms with Crippen LogP contribution in [-0.2, 0) is 16.6 Å². The quantitative estimate of drug-likeness (QED) is 0.851. The van der Waals surface area contributed by atoms with Crippen molar-refractivity contribution >= 4 is 10.0 Å². The molecule has 0 amide bonds. The Bertz CT molecular complexity index is 820. The van der Waals surface area contributed by atoms with E-state index in [1.807, 2.05) is 12.1 Å². The largest absolute Gasteiger partial charge is 0.338 e. The molecule has 1 aromatic carbocycles. The summed E-state index contributed by atoms with van der Waals surface area (Å²) in [4.78, 5) is 4.51. The van der Waals surface area contributed by atoms with Gasteiger partial charge >= 0.3 is 0 Å². The van der Waals surface area contributed by atoms with E-state index in [1.54, 1.807) is 12.1 Å². The minimum atomic E-state index is -3.58. The van der Waals surface area contributed by atoms with Gasteiger partial charge in [0, 0.05) is 5.92 Å². The molecule has 2 fully saturated rings. The highest BCUT2D eigenvalue weighted by Crippen LogP contribution is 2.38. The summed E-state index contributed by atoms with van der Waals surface area (Å²) in [6.07, 6.45) is 8.40. The molecule has 0 radical (unpaired) electrons. The predicted molar refractivity (Wildman–Crippen MR) is 92.6 cm³/mol. The molecule has 2 aliphatic rings. The first-order valence-corrected chi connectivity index (χ1v) is 10.5. The number of sulfonamides is 1. The first kappa shape index (κ1) is 16.7. The van der Waals surface area contributed by atoms with Gasteiger partial charge in [0.1, 0.15) is 0 Å². The lowest BCUT2D eigenvalue weighted by molar-refractivity contribution is 0.370. The first-order chi connectivity index (χ1) is 12.1. The average Bonchev–Trinajstić information content (AvgIpc) is 3.39. The number of rotatable bonds is 6. The monoisotopic (exact) mass is 361 g/mol. The topological polar surface area (TPSA) is 85.1 Å². The van der Waals surface area contributed by atoms with Crippen molar-refractivity contribution < 1.29 is 12.9 Å². The number of hydrogen-bond donors (Lipinski definition) is 1. The second kappa shape index (κ2) is 6.88. The SMILES string of the molecule is O=S(=O)(NCc1nc(C2CC2)no1)c1ccc(C2CCCCC2)cc1. The van der Waals surface area contributed by atoms with Gasteiger partial charge in [-0.25, -0.2) is 13.1 Å². The van der Waals surface area contributed by atoms with Crippen molar-refractivity contribution in [1.29, 1.82) is 0 Å². The van der Waals surface area contributed by atoms with Gasteiger partial charge in [0.2, 0.25) is 15.9 Å². The van der Waals surface area contributed by atoms with Crippen molar-refractivity contribution in [2.45, 2.75) is 68.2 Å². The van der Waals surface area contributed by atoms with E-state index in [2.05, 4.69) is 14.9 Å². The van der Waals surface area contributed by atoms with Crippen LogP contribution in [0, 0.1) is 0 Å². The second-order valence-corrected chi connectivity index (χ2v) is 8.82. The Balaban J connectivity index is 1.40. The maximum absolute atomic E-state index is 12.4. The van der Waals surface area contributed by atoms with E-state index in [0.29, 0.717) is 23.6 Å². The summed E-state index contributed by atoms with van der Waals surface area (Å²) >= 11 is 0. The van der Waals surface area contributed by atoms with Crippen LogP contribution in [0.4, 0.5) is 0 Å². The number of hydrogen-bond acceptors (Lipinski definition) is 5. The molecule has 1 aromatic heterocycles. The van der Waals surface area contributed by atoms with Crippen molar-refractivity contribution in [2.24, 2.45) is 0 Å². The van der Waals surface area contributed by atoms with Gasteiger partial charge in [0.05, 0.1) is 11.4 Å². The fourth-order valence-electron chi connectivity index (χ4n) is 3.44. The van der Waals surface area contributed by atoms with E-state index >= 15 is 0 Å². The van der Waals surface area contributed by atoms with Gasteiger partial charge in [-0.15, -0.1) is 0 Å². The van der Waals surface area contributed by atoms with Crippen LogP contribution in [0.2, 0.25) is 0 Å². The summed E-state index contributed by atoms with van der Waals surface area (Å²) in [5.41, 5.74) is 1.24. The Labute approximate surface area is 148 Å². The summed E-state index contributed by atoms with van der Waals surface area (Å²) in [5, 5.41) is 3.89. The molecule has 2 aliphatic carbocycles. The van der Waals surface area contributed by atoms with Gasteiger partial charge in [-0.1, -0.05) is 36.6 Å². The Morgan fingerprint density at radius 3 is 2.40 bits per heavy atom. The van der Waals surface area contributed by atoms with Crippen LogP contribution in [-0.4, -0.2) is 18.6 Å². The minimum absolute atomic E-state index is 0.0203. The van der Waals surface area contributed by atoms with Gasteiger partial charge in [-0.05, 0) is 49.3 Å². The summed E-state index contributed by atoms with van der Waals surface area (Å²) in [6, 6.07) is 7.27. The summed E-state index contributed by atoms with van der Waals surface area (Å²) in [7, 11) is -3.58. The highest BCUT2D eigenvalue weighted by Gasteiger charge is 2.29. The second-order valence-electron chi connectivity index (χ2n) is 7.05.